The number of nitrogens with one attached hydrogen (secondary N) is 1. The second kappa shape index (κ2) is 6.09. The molecule has 2 aromatic heterocycles. The number of nitrogens with zero attached hydrogens (tertiary/aromatic N) is 3. The highest BCUT2D eigenvalue weighted by molar-refractivity contribution is 6.30. The fourth-order valence-corrected chi connectivity index (χ4v) is 2.65. The molecule has 0 aliphatic carbocycles. The van der Waals surface area contributed by atoms with E-state index in [-0.39, 0.29) is 12.4 Å². The average Bonchev–Trinajstić information content (AvgIpc) is 2.70. The van der Waals surface area contributed by atoms with E-state index in [1.165, 1.54) is 0 Å². The molecule has 0 spiro atoms. The van der Waals surface area contributed by atoms with Gasteiger partial charge in [0.1, 0.15) is 5.65 Å². The first kappa shape index (κ1) is 14.6. The van der Waals surface area contributed by atoms with Crippen LogP contribution < -0.4 is 5.32 Å². The lowest BCUT2D eigenvalue weighted by Gasteiger charge is -2.31. The van der Waals surface area contributed by atoms with E-state index in [0.29, 0.717) is 6.04 Å². The summed E-state index contributed by atoms with van der Waals surface area (Å²) in [5, 5.41) is 4.19. The second-order valence-corrected chi connectivity index (χ2v) is 5.37. The van der Waals surface area contributed by atoms with Crippen molar-refractivity contribution in [2.45, 2.75) is 19.5 Å². The van der Waals surface area contributed by atoms with Gasteiger partial charge in [-0.15, -0.1) is 12.4 Å². The first-order chi connectivity index (χ1) is 8.70. The van der Waals surface area contributed by atoms with Gasteiger partial charge in [-0.3, -0.25) is 4.90 Å². The molecule has 104 valence electrons. The highest BCUT2D eigenvalue weighted by Gasteiger charge is 2.16. The minimum atomic E-state index is 0. The van der Waals surface area contributed by atoms with E-state index in [0.717, 1.165) is 42.5 Å². The van der Waals surface area contributed by atoms with Gasteiger partial charge < -0.3 is 9.72 Å². The van der Waals surface area contributed by atoms with Crippen molar-refractivity contribution >= 4 is 29.7 Å². The van der Waals surface area contributed by atoms with Gasteiger partial charge >= 0.3 is 0 Å². The third-order valence-corrected chi connectivity index (χ3v) is 3.53. The standard InChI is InChI=1S/C13H17ClN4.ClH/c1-10-6-17(5-4-15-10)8-12-9-18-7-11(14)2-3-13(18)16-12;/h2-3,7,9-10,15H,4-6,8H2,1H3;1H/t10-;/m0./s1. The van der Waals surface area contributed by atoms with Crippen molar-refractivity contribution in [1.29, 1.82) is 0 Å². The number of hydrogen-bond acceptors (Lipinski definition) is 3. The fraction of sp³-hybridized carbons (Fsp3) is 0.462. The molecule has 1 aliphatic heterocycles. The normalized spacial score (nSPS) is 20.4. The number of imidazole rings is 1. The molecule has 4 nitrogen and oxygen atoms in total. The second-order valence-electron chi connectivity index (χ2n) is 4.94. The summed E-state index contributed by atoms with van der Waals surface area (Å²) in [6.45, 7) is 6.34. The Morgan fingerprint density at radius 1 is 1.42 bits per heavy atom. The quantitative estimate of drug-likeness (QED) is 0.923. The van der Waals surface area contributed by atoms with Crippen LogP contribution in [0.4, 0.5) is 0 Å². The van der Waals surface area contributed by atoms with E-state index >= 15 is 0 Å². The number of hydrogen-bond donors (Lipinski definition) is 1. The highest BCUT2D eigenvalue weighted by Crippen LogP contribution is 2.13. The first-order valence-corrected chi connectivity index (χ1v) is 6.67. The number of halogens is 2. The number of pyridine rings is 1. The van der Waals surface area contributed by atoms with Crippen LogP contribution in [0.2, 0.25) is 5.02 Å². The van der Waals surface area contributed by atoms with Gasteiger partial charge in [0.25, 0.3) is 0 Å². The van der Waals surface area contributed by atoms with Crippen LogP contribution in [0.5, 0.6) is 0 Å². The van der Waals surface area contributed by atoms with E-state index < -0.39 is 0 Å². The largest absolute Gasteiger partial charge is 0.312 e. The molecular formula is C13H18Cl2N4. The third kappa shape index (κ3) is 3.39. The van der Waals surface area contributed by atoms with Crippen LogP contribution in [0.3, 0.4) is 0 Å². The molecule has 0 unspecified atom stereocenters. The van der Waals surface area contributed by atoms with Gasteiger partial charge in [-0.1, -0.05) is 11.6 Å². The minimum Gasteiger partial charge on any atom is -0.312 e. The Bertz CT molecular complexity index is 555. The molecule has 1 saturated heterocycles. The highest BCUT2D eigenvalue weighted by atomic mass is 35.5. The van der Waals surface area contributed by atoms with Crippen LogP contribution in [0.25, 0.3) is 5.65 Å². The summed E-state index contributed by atoms with van der Waals surface area (Å²) in [6.07, 6.45) is 3.96. The predicted molar refractivity (Wildman–Crippen MR) is 80.2 cm³/mol. The Labute approximate surface area is 124 Å². The Morgan fingerprint density at radius 3 is 3.05 bits per heavy atom. The van der Waals surface area contributed by atoms with Gasteiger partial charge in [0.2, 0.25) is 0 Å². The maximum atomic E-state index is 5.97. The number of aromatic nitrogens is 2. The van der Waals surface area contributed by atoms with Crippen LogP contribution >= 0.6 is 24.0 Å². The van der Waals surface area contributed by atoms with E-state index in [1.54, 1.807) is 0 Å². The summed E-state index contributed by atoms with van der Waals surface area (Å²) >= 11 is 5.97. The SMILES string of the molecule is C[C@H]1CN(Cc2cn3cc(Cl)ccc3n2)CCN1.Cl. The summed E-state index contributed by atoms with van der Waals surface area (Å²) in [4.78, 5) is 7.05. The zero-order chi connectivity index (χ0) is 12.5. The van der Waals surface area contributed by atoms with Gasteiger partial charge in [0.15, 0.2) is 0 Å². The van der Waals surface area contributed by atoms with Crippen molar-refractivity contribution in [3.63, 3.8) is 0 Å². The van der Waals surface area contributed by atoms with E-state index in [9.17, 15) is 0 Å². The summed E-state index contributed by atoms with van der Waals surface area (Å²) in [5.74, 6) is 0. The van der Waals surface area contributed by atoms with E-state index in [4.69, 9.17) is 11.6 Å². The monoisotopic (exact) mass is 300 g/mol. The summed E-state index contributed by atoms with van der Waals surface area (Å²) in [5.41, 5.74) is 2.06. The third-order valence-electron chi connectivity index (χ3n) is 3.30. The maximum Gasteiger partial charge on any atom is 0.137 e. The number of rotatable bonds is 2. The average molecular weight is 301 g/mol. The number of fused-ring (bicyclic) bond motifs is 1. The molecule has 2 aromatic rings. The molecule has 6 heteroatoms. The molecule has 0 bridgehead atoms. The molecule has 0 amide bonds. The Hall–Kier alpha value is -0.810. The van der Waals surface area contributed by atoms with Gasteiger partial charge in [-0.2, -0.15) is 0 Å². The lowest BCUT2D eigenvalue weighted by molar-refractivity contribution is 0.198. The van der Waals surface area contributed by atoms with E-state index in [2.05, 4.69) is 28.3 Å². The molecule has 1 atom stereocenters. The molecule has 1 fully saturated rings. The molecule has 3 heterocycles. The maximum absolute atomic E-state index is 5.97. The first-order valence-electron chi connectivity index (χ1n) is 6.29. The molecule has 0 aromatic carbocycles. The molecular weight excluding hydrogens is 283 g/mol. The van der Waals surface area contributed by atoms with Crippen molar-refractivity contribution in [1.82, 2.24) is 19.6 Å². The van der Waals surface area contributed by atoms with Crippen molar-refractivity contribution in [3.8, 4) is 0 Å². The molecule has 1 N–H and O–H groups in total. The van der Waals surface area contributed by atoms with Crippen molar-refractivity contribution in [2.75, 3.05) is 19.6 Å². The molecule has 0 radical (unpaired) electrons. The van der Waals surface area contributed by atoms with Crippen molar-refractivity contribution in [2.24, 2.45) is 0 Å². The Balaban J connectivity index is 0.00000133. The molecule has 1 aliphatic rings. The van der Waals surface area contributed by atoms with Gasteiger partial charge in [-0.25, -0.2) is 4.98 Å². The zero-order valence-corrected chi connectivity index (χ0v) is 12.4. The Kier molecular flexibility index (Phi) is 4.68. The van der Waals surface area contributed by atoms with E-state index in [1.807, 2.05) is 22.7 Å². The number of piperazine rings is 1. The van der Waals surface area contributed by atoms with Crippen LogP contribution in [0.1, 0.15) is 12.6 Å². The minimum absolute atomic E-state index is 0. The smallest absolute Gasteiger partial charge is 0.137 e. The summed E-state index contributed by atoms with van der Waals surface area (Å²) < 4.78 is 1.99. The zero-order valence-electron chi connectivity index (χ0n) is 10.8. The Morgan fingerprint density at radius 2 is 2.26 bits per heavy atom. The van der Waals surface area contributed by atoms with Crippen LogP contribution in [-0.4, -0.2) is 40.0 Å². The van der Waals surface area contributed by atoms with Gasteiger partial charge in [0.05, 0.1) is 10.7 Å². The van der Waals surface area contributed by atoms with Gasteiger partial charge in [-0.05, 0) is 19.1 Å². The van der Waals surface area contributed by atoms with Crippen molar-refractivity contribution < 1.29 is 0 Å². The van der Waals surface area contributed by atoms with Crippen LogP contribution in [0.15, 0.2) is 24.5 Å². The topological polar surface area (TPSA) is 32.6 Å². The van der Waals surface area contributed by atoms with Crippen LogP contribution in [-0.2, 0) is 6.54 Å². The van der Waals surface area contributed by atoms with Gasteiger partial charge in [0, 0.05) is 44.6 Å². The lowest BCUT2D eigenvalue weighted by atomic mass is 10.2. The lowest BCUT2D eigenvalue weighted by Crippen LogP contribution is -2.48. The van der Waals surface area contributed by atoms with Crippen molar-refractivity contribution in [3.05, 3.63) is 35.2 Å². The van der Waals surface area contributed by atoms with Crippen LogP contribution in [0, 0.1) is 0 Å². The summed E-state index contributed by atoms with van der Waals surface area (Å²) in [7, 11) is 0. The summed E-state index contributed by atoms with van der Waals surface area (Å²) in [6, 6.07) is 4.39. The molecule has 0 saturated carbocycles. The molecule has 3 rings (SSSR count). The molecule has 19 heavy (non-hydrogen) atoms. The predicted octanol–water partition coefficient (Wildman–Crippen LogP) is 2.20. The fourth-order valence-electron chi connectivity index (χ4n) is 2.48.